The topological polar surface area (TPSA) is 111 Å². The van der Waals surface area contributed by atoms with E-state index in [0.29, 0.717) is 36.8 Å². The quantitative estimate of drug-likeness (QED) is 0.0866. The lowest BCUT2D eigenvalue weighted by Gasteiger charge is -2.53. The van der Waals surface area contributed by atoms with Crippen molar-refractivity contribution in [1.82, 2.24) is 5.32 Å². The molecular formula is C41H57N2O6+. The van der Waals surface area contributed by atoms with E-state index < -0.39 is 11.7 Å². The van der Waals surface area contributed by atoms with E-state index in [4.69, 9.17) is 9.47 Å². The monoisotopic (exact) mass is 673 g/mol. The van der Waals surface area contributed by atoms with Crippen LogP contribution in [0.25, 0.3) is 0 Å². The highest BCUT2D eigenvalue weighted by Crippen LogP contribution is 2.43. The highest BCUT2D eigenvalue weighted by molar-refractivity contribution is 5.36. The lowest BCUT2D eigenvalue weighted by Crippen LogP contribution is -2.65. The molecule has 7 rings (SSSR count). The fourth-order valence-electron chi connectivity index (χ4n) is 8.72. The van der Waals surface area contributed by atoms with Gasteiger partial charge in [0.15, 0.2) is 0 Å². The summed E-state index contributed by atoms with van der Waals surface area (Å²) in [5.41, 5.74) is 2.29. The second-order valence-corrected chi connectivity index (χ2v) is 14.9. The number of quaternary nitrogens is 1. The molecule has 3 saturated heterocycles. The summed E-state index contributed by atoms with van der Waals surface area (Å²) in [6.45, 7) is 7.79. The van der Waals surface area contributed by atoms with Crippen molar-refractivity contribution in [2.45, 2.75) is 88.7 Å². The van der Waals surface area contributed by atoms with Gasteiger partial charge in [-0.1, -0.05) is 68.3 Å². The van der Waals surface area contributed by atoms with Crippen LogP contribution in [-0.4, -0.2) is 77.0 Å². The van der Waals surface area contributed by atoms with E-state index in [1.54, 1.807) is 12.1 Å². The smallest absolute Gasteiger partial charge is 0.121 e. The lowest BCUT2D eigenvalue weighted by molar-refractivity contribution is -0.946. The average molecular weight is 674 g/mol. The van der Waals surface area contributed by atoms with Crippen molar-refractivity contribution in [3.63, 3.8) is 0 Å². The van der Waals surface area contributed by atoms with Gasteiger partial charge in [-0.05, 0) is 66.1 Å². The third kappa shape index (κ3) is 8.50. The predicted octanol–water partition coefficient (Wildman–Crippen LogP) is 6.13. The van der Waals surface area contributed by atoms with Crippen molar-refractivity contribution in [2.24, 2.45) is 11.8 Å². The zero-order valence-corrected chi connectivity index (χ0v) is 29.2. The summed E-state index contributed by atoms with van der Waals surface area (Å²) in [4.78, 5) is 0. The lowest BCUT2D eigenvalue weighted by atomic mass is 9.80. The Morgan fingerprint density at radius 1 is 0.939 bits per heavy atom. The number of hydrogen-bond acceptors (Lipinski definition) is 7. The molecule has 3 aromatic rings. The molecule has 4 atom stereocenters. The van der Waals surface area contributed by atoms with E-state index in [-0.39, 0.29) is 30.4 Å². The summed E-state index contributed by atoms with van der Waals surface area (Å²) in [5.74, 6) is 1.75. The fraction of sp³-hybridized carbons (Fsp3) is 0.561. The molecule has 2 bridgehead atoms. The molecule has 49 heavy (non-hydrogen) atoms. The summed E-state index contributed by atoms with van der Waals surface area (Å²) in [6, 6.07) is 23.4. The summed E-state index contributed by atoms with van der Waals surface area (Å²) in [7, 11) is 0. The second-order valence-electron chi connectivity index (χ2n) is 14.9. The Morgan fingerprint density at radius 2 is 1.65 bits per heavy atom. The molecule has 1 saturated carbocycles. The number of piperidine rings is 3. The summed E-state index contributed by atoms with van der Waals surface area (Å²) in [5, 5.41) is 45.5. The van der Waals surface area contributed by atoms with Crippen molar-refractivity contribution < 1.29 is 34.4 Å². The van der Waals surface area contributed by atoms with Crippen molar-refractivity contribution >= 4 is 0 Å². The molecule has 2 unspecified atom stereocenters. The zero-order chi connectivity index (χ0) is 34.3. The molecule has 0 spiro atoms. The van der Waals surface area contributed by atoms with Gasteiger partial charge in [0.2, 0.25) is 0 Å². The van der Waals surface area contributed by atoms with Crippen LogP contribution in [-0.2, 0) is 16.9 Å². The van der Waals surface area contributed by atoms with Crippen LogP contribution in [0.1, 0.15) is 92.7 Å². The Bertz CT molecular complexity index is 1450. The number of rotatable bonds is 17. The minimum Gasteiger partial charge on any atom is -0.508 e. The average Bonchev–Trinajstić information content (AvgIpc) is 3.70. The van der Waals surface area contributed by atoms with Crippen molar-refractivity contribution in [1.29, 1.82) is 0 Å². The molecule has 0 radical (unpaired) electrons. The van der Waals surface area contributed by atoms with Crippen molar-refractivity contribution in [3.05, 3.63) is 95.1 Å². The third-order valence-corrected chi connectivity index (χ3v) is 11.8. The van der Waals surface area contributed by atoms with E-state index in [2.05, 4.69) is 36.5 Å². The minimum absolute atomic E-state index is 0.0296. The van der Waals surface area contributed by atoms with Crippen LogP contribution in [0.5, 0.6) is 11.5 Å². The first-order chi connectivity index (χ1) is 23.8. The molecule has 3 heterocycles. The molecule has 8 nitrogen and oxygen atoms in total. The first-order valence-electron chi connectivity index (χ1n) is 18.6. The standard InChI is InChI=1S/C41H56N2O6/c1-2-37(42-26-39(46)32-15-18-38(45)33(25-32)28-44)30-13-16-36(17-14-30)48-24-8-21-43-22-19-31(20-23-43)40(27-43)49-29-41(47,35-11-6-7-12-35)34-9-4-3-5-10-34/h3-5,9-10,13-18,25,31,35,37,39-40,42,44,46-47H,2,6-8,11-12,19-24,26-29H2,1H3/p+1/t31?,37?,39-,40-,41?,43?/m0/s1. The molecule has 1 aliphatic carbocycles. The maximum atomic E-state index is 12.0. The van der Waals surface area contributed by atoms with Crippen LogP contribution >= 0.6 is 0 Å². The predicted molar refractivity (Wildman–Crippen MR) is 191 cm³/mol. The Kier molecular flexibility index (Phi) is 12.0. The third-order valence-electron chi connectivity index (χ3n) is 11.8. The van der Waals surface area contributed by atoms with Crippen molar-refractivity contribution in [2.75, 3.05) is 45.9 Å². The van der Waals surface area contributed by atoms with Gasteiger partial charge in [-0.25, -0.2) is 0 Å². The molecule has 0 amide bonds. The molecule has 266 valence electrons. The Labute approximate surface area is 292 Å². The molecule has 3 aliphatic heterocycles. The number of hydrogen-bond donors (Lipinski definition) is 5. The summed E-state index contributed by atoms with van der Waals surface area (Å²) < 4.78 is 14.0. The van der Waals surface area contributed by atoms with Gasteiger partial charge >= 0.3 is 0 Å². The van der Waals surface area contributed by atoms with Gasteiger partial charge in [0.05, 0.1) is 45.6 Å². The number of aliphatic hydroxyl groups is 3. The Morgan fingerprint density at radius 3 is 2.35 bits per heavy atom. The first-order valence-corrected chi connectivity index (χ1v) is 18.6. The van der Waals surface area contributed by atoms with Crippen LogP contribution in [0.2, 0.25) is 0 Å². The summed E-state index contributed by atoms with van der Waals surface area (Å²) >= 11 is 0. The summed E-state index contributed by atoms with van der Waals surface area (Å²) in [6.07, 6.45) is 8.22. The molecular weight excluding hydrogens is 616 g/mol. The van der Waals surface area contributed by atoms with Gasteiger partial charge in [-0.15, -0.1) is 0 Å². The molecule has 4 aliphatic rings. The molecule has 8 heteroatoms. The van der Waals surface area contributed by atoms with Gasteiger partial charge < -0.3 is 39.7 Å². The van der Waals surface area contributed by atoms with Crippen LogP contribution in [0.15, 0.2) is 72.8 Å². The molecule has 5 N–H and O–H groups in total. The molecule has 3 aromatic carbocycles. The number of nitrogens with zero attached hydrogens (tertiary/aromatic N) is 1. The van der Waals surface area contributed by atoms with Gasteiger partial charge in [-0.3, -0.25) is 0 Å². The second kappa shape index (κ2) is 16.4. The van der Waals surface area contributed by atoms with Gasteiger partial charge in [0, 0.05) is 43.3 Å². The van der Waals surface area contributed by atoms with E-state index in [9.17, 15) is 20.4 Å². The van der Waals surface area contributed by atoms with E-state index >= 15 is 0 Å². The Hall–Kier alpha value is -2.98. The van der Waals surface area contributed by atoms with E-state index in [1.165, 1.54) is 44.8 Å². The number of nitrogens with one attached hydrogen (secondary N) is 1. The van der Waals surface area contributed by atoms with Gasteiger partial charge in [0.25, 0.3) is 0 Å². The van der Waals surface area contributed by atoms with Crippen molar-refractivity contribution in [3.8, 4) is 11.5 Å². The number of benzene rings is 3. The molecule has 0 aromatic heterocycles. The number of aliphatic hydroxyl groups excluding tert-OH is 2. The van der Waals surface area contributed by atoms with Crippen LogP contribution in [0, 0.1) is 11.8 Å². The van der Waals surface area contributed by atoms with Crippen LogP contribution in [0.3, 0.4) is 0 Å². The number of phenols is 1. The SMILES string of the molecule is CCC(NC[C@H](O)c1ccc(O)c(CO)c1)c1ccc(OCCC[N+]23CCC(CC2)[C@@H](OCC(O)(c2ccccc2)C2CCCC2)C3)cc1. The highest BCUT2D eigenvalue weighted by Gasteiger charge is 2.48. The van der Waals surface area contributed by atoms with Crippen LogP contribution < -0.4 is 10.1 Å². The number of aromatic hydroxyl groups is 1. The maximum absolute atomic E-state index is 12.0. The normalized spacial score (nSPS) is 24.8. The number of ether oxygens (including phenoxy) is 2. The largest absolute Gasteiger partial charge is 0.508 e. The Balaban J connectivity index is 0.964. The van der Waals surface area contributed by atoms with Gasteiger partial charge in [0.1, 0.15) is 29.7 Å². The van der Waals surface area contributed by atoms with E-state index in [0.717, 1.165) is 60.1 Å². The number of fused-ring (bicyclic) bond motifs is 3. The first kappa shape index (κ1) is 35.8. The van der Waals surface area contributed by atoms with Gasteiger partial charge in [-0.2, -0.15) is 0 Å². The van der Waals surface area contributed by atoms with E-state index in [1.807, 2.05) is 30.3 Å². The minimum atomic E-state index is -0.911. The van der Waals surface area contributed by atoms with Crippen LogP contribution in [0.4, 0.5) is 0 Å². The zero-order valence-electron chi connectivity index (χ0n) is 29.2. The molecule has 4 fully saturated rings. The maximum Gasteiger partial charge on any atom is 0.121 e. The fourth-order valence-corrected chi connectivity index (χ4v) is 8.72. The highest BCUT2D eigenvalue weighted by atomic mass is 16.5.